The molecule has 0 spiro atoms. The van der Waals surface area contributed by atoms with Crippen LogP contribution in [0.25, 0.3) is 0 Å². The average molecular weight is 232 g/mol. The third-order valence-electron chi connectivity index (χ3n) is 2.89. The number of hydrogen-bond acceptors (Lipinski definition) is 5. The highest BCUT2D eigenvalue weighted by Gasteiger charge is 2.26. The molecule has 0 aromatic carbocycles. The van der Waals surface area contributed by atoms with Crippen LogP contribution in [0.4, 0.5) is 11.5 Å². The summed E-state index contributed by atoms with van der Waals surface area (Å²) in [4.78, 5) is 6.38. The second-order valence-corrected chi connectivity index (χ2v) is 4.40. The van der Waals surface area contributed by atoms with Gasteiger partial charge in [0.15, 0.2) is 0 Å². The summed E-state index contributed by atoms with van der Waals surface area (Å²) in [6.45, 7) is 5.47. The first kappa shape index (κ1) is 11.7. The largest absolute Gasteiger partial charge is 0.397 e. The van der Waals surface area contributed by atoms with Gasteiger partial charge in [-0.15, -0.1) is 0 Å². The lowest BCUT2D eigenvalue weighted by Gasteiger charge is -2.38. The van der Waals surface area contributed by atoms with Gasteiger partial charge in [0, 0.05) is 6.54 Å². The summed E-state index contributed by atoms with van der Waals surface area (Å²) in [5.41, 5.74) is 6.67. The Labute approximate surface area is 101 Å². The van der Waals surface area contributed by atoms with E-state index in [1.165, 1.54) is 0 Å². The second-order valence-electron chi connectivity index (χ2n) is 4.40. The number of nitriles is 1. The highest BCUT2D eigenvalue weighted by molar-refractivity contribution is 5.59. The monoisotopic (exact) mass is 232 g/mol. The van der Waals surface area contributed by atoms with Crippen molar-refractivity contribution in [3.8, 4) is 6.07 Å². The summed E-state index contributed by atoms with van der Waals surface area (Å²) in [7, 11) is 0. The van der Waals surface area contributed by atoms with Crippen molar-refractivity contribution < 1.29 is 4.74 Å². The van der Waals surface area contributed by atoms with Gasteiger partial charge in [-0.2, -0.15) is 5.26 Å². The van der Waals surface area contributed by atoms with Crippen molar-refractivity contribution in [1.29, 1.82) is 5.26 Å². The summed E-state index contributed by atoms with van der Waals surface area (Å²) in [5.74, 6) is 0.698. The number of nitrogen functional groups attached to an aromatic ring is 1. The van der Waals surface area contributed by atoms with E-state index in [0.717, 1.165) is 6.54 Å². The molecular weight excluding hydrogens is 216 g/mol. The molecule has 90 valence electrons. The molecule has 1 fully saturated rings. The lowest BCUT2D eigenvalue weighted by molar-refractivity contribution is 0.0340. The highest BCUT2D eigenvalue weighted by atomic mass is 16.5. The Morgan fingerprint density at radius 2 is 2.35 bits per heavy atom. The van der Waals surface area contributed by atoms with E-state index in [0.29, 0.717) is 23.7 Å². The Bertz CT molecular complexity index is 454. The third-order valence-corrected chi connectivity index (χ3v) is 2.89. The molecule has 0 bridgehead atoms. The molecule has 2 rings (SSSR count). The molecule has 5 nitrogen and oxygen atoms in total. The molecule has 2 heterocycles. The third kappa shape index (κ3) is 2.32. The first-order valence-electron chi connectivity index (χ1n) is 5.65. The minimum Gasteiger partial charge on any atom is -0.397 e. The summed E-state index contributed by atoms with van der Waals surface area (Å²) in [6, 6.07) is 4.02. The van der Waals surface area contributed by atoms with E-state index in [4.69, 9.17) is 15.7 Å². The quantitative estimate of drug-likeness (QED) is 0.786. The number of aromatic nitrogens is 1. The molecule has 0 amide bonds. The predicted molar refractivity (Wildman–Crippen MR) is 65.6 cm³/mol. The fourth-order valence-electron chi connectivity index (χ4n) is 1.98. The maximum Gasteiger partial charge on any atom is 0.147 e. The van der Waals surface area contributed by atoms with Gasteiger partial charge in [0.25, 0.3) is 0 Å². The molecule has 5 heteroatoms. The Morgan fingerprint density at radius 1 is 1.59 bits per heavy atom. The van der Waals surface area contributed by atoms with Crippen LogP contribution in [-0.4, -0.2) is 30.3 Å². The van der Waals surface area contributed by atoms with Gasteiger partial charge in [-0.05, 0) is 19.9 Å². The fraction of sp³-hybridized carbons (Fsp3) is 0.500. The second kappa shape index (κ2) is 4.60. The number of rotatable bonds is 1. The number of morpholine rings is 1. The topological polar surface area (TPSA) is 75.2 Å². The van der Waals surface area contributed by atoms with Crippen LogP contribution in [-0.2, 0) is 4.74 Å². The summed E-state index contributed by atoms with van der Waals surface area (Å²) < 4.78 is 5.56. The van der Waals surface area contributed by atoms with Gasteiger partial charge in [0.05, 0.1) is 36.2 Å². The number of ether oxygens (including phenoxy) is 1. The van der Waals surface area contributed by atoms with E-state index in [1.807, 2.05) is 6.92 Å². The van der Waals surface area contributed by atoms with E-state index in [-0.39, 0.29) is 12.1 Å². The van der Waals surface area contributed by atoms with Crippen LogP contribution in [0.1, 0.15) is 19.4 Å². The zero-order chi connectivity index (χ0) is 12.4. The van der Waals surface area contributed by atoms with Crippen LogP contribution in [0.3, 0.4) is 0 Å². The maximum absolute atomic E-state index is 9.12. The molecule has 1 aliphatic heterocycles. The first-order chi connectivity index (χ1) is 8.11. The van der Waals surface area contributed by atoms with Gasteiger partial charge in [-0.3, -0.25) is 0 Å². The van der Waals surface area contributed by atoms with E-state index in [1.54, 1.807) is 12.3 Å². The summed E-state index contributed by atoms with van der Waals surface area (Å²) in [5, 5.41) is 9.12. The van der Waals surface area contributed by atoms with Crippen LogP contribution in [0.5, 0.6) is 0 Å². The fourth-order valence-corrected chi connectivity index (χ4v) is 1.98. The van der Waals surface area contributed by atoms with Crippen molar-refractivity contribution in [2.45, 2.75) is 26.0 Å². The van der Waals surface area contributed by atoms with Crippen molar-refractivity contribution in [3.63, 3.8) is 0 Å². The molecule has 0 radical (unpaired) electrons. The molecule has 2 unspecified atom stereocenters. The standard InChI is InChI=1S/C12H16N4O/c1-8-7-17-9(2)6-16(8)12-10(4-13)3-11(14)5-15-12/h3,5,8-9H,6-7,14H2,1-2H3. The molecular formula is C12H16N4O. The minimum atomic E-state index is 0.150. The normalized spacial score (nSPS) is 24.4. The SMILES string of the molecule is CC1CN(c2ncc(N)cc2C#N)C(C)CO1. The smallest absolute Gasteiger partial charge is 0.147 e. The van der Waals surface area contributed by atoms with E-state index < -0.39 is 0 Å². The lowest BCUT2D eigenvalue weighted by Crippen LogP contribution is -2.48. The Hall–Kier alpha value is -1.80. The number of nitrogens with two attached hydrogens (primary N) is 1. The number of hydrogen-bond donors (Lipinski definition) is 1. The van der Waals surface area contributed by atoms with Gasteiger partial charge < -0.3 is 15.4 Å². The molecule has 1 aromatic heterocycles. The Morgan fingerprint density at radius 3 is 3.06 bits per heavy atom. The molecule has 1 aromatic rings. The van der Waals surface area contributed by atoms with Crippen LogP contribution in [0.2, 0.25) is 0 Å². The zero-order valence-corrected chi connectivity index (χ0v) is 10.1. The first-order valence-corrected chi connectivity index (χ1v) is 5.65. The minimum absolute atomic E-state index is 0.150. The molecule has 2 atom stereocenters. The van der Waals surface area contributed by atoms with Crippen molar-refractivity contribution >= 4 is 11.5 Å². The highest BCUT2D eigenvalue weighted by Crippen LogP contribution is 2.24. The van der Waals surface area contributed by atoms with E-state index >= 15 is 0 Å². The van der Waals surface area contributed by atoms with Gasteiger partial charge >= 0.3 is 0 Å². The number of pyridine rings is 1. The Balaban J connectivity index is 2.35. The van der Waals surface area contributed by atoms with Crippen molar-refractivity contribution in [1.82, 2.24) is 4.98 Å². The maximum atomic E-state index is 9.12. The Kier molecular flexibility index (Phi) is 3.16. The molecule has 17 heavy (non-hydrogen) atoms. The number of anilines is 2. The molecule has 1 saturated heterocycles. The lowest BCUT2D eigenvalue weighted by atomic mass is 10.1. The van der Waals surface area contributed by atoms with Crippen LogP contribution < -0.4 is 10.6 Å². The summed E-state index contributed by atoms with van der Waals surface area (Å²) in [6.07, 6.45) is 1.74. The van der Waals surface area contributed by atoms with Crippen LogP contribution in [0, 0.1) is 11.3 Å². The van der Waals surface area contributed by atoms with Gasteiger partial charge in [0.2, 0.25) is 0 Å². The van der Waals surface area contributed by atoms with Crippen LogP contribution in [0.15, 0.2) is 12.3 Å². The van der Waals surface area contributed by atoms with E-state index in [2.05, 4.69) is 22.9 Å². The van der Waals surface area contributed by atoms with Gasteiger partial charge in [-0.25, -0.2) is 4.98 Å². The predicted octanol–water partition coefficient (Wildman–Crippen LogP) is 1.15. The molecule has 1 aliphatic rings. The van der Waals surface area contributed by atoms with Gasteiger partial charge in [0.1, 0.15) is 11.9 Å². The van der Waals surface area contributed by atoms with Crippen molar-refractivity contribution in [3.05, 3.63) is 17.8 Å². The van der Waals surface area contributed by atoms with Crippen molar-refractivity contribution in [2.24, 2.45) is 0 Å². The van der Waals surface area contributed by atoms with Crippen LogP contribution >= 0.6 is 0 Å². The zero-order valence-electron chi connectivity index (χ0n) is 10.1. The van der Waals surface area contributed by atoms with E-state index in [9.17, 15) is 0 Å². The number of nitrogens with zero attached hydrogens (tertiary/aromatic N) is 3. The molecule has 0 aliphatic carbocycles. The summed E-state index contributed by atoms with van der Waals surface area (Å²) >= 11 is 0. The van der Waals surface area contributed by atoms with Gasteiger partial charge in [-0.1, -0.05) is 0 Å². The molecule has 0 saturated carbocycles. The van der Waals surface area contributed by atoms with Crippen molar-refractivity contribution in [2.75, 3.05) is 23.8 Å². The average Bonchev–Trinajstić information content (AvgIpc) is 2.32. The molecule has 2 N–H and O–H groups in total.